The summed E-state index contributed by atoms with van der Waals surface area (Å²) in [6, 6.07) is 5.31. The average molecular weight is 226 g/mol. The Balaban J connectivity index is 2.22. The number of hydrogen-bond acceptors (Lipinski definition) is 0. The summed E-state index contributed by atoms with van der Waals surface area (Å²) in [4.78, 5) is 0. The van der Waals surface area contributed by atoms with Gasteiger partial charge in [0, 0.05) is 13.1 Å². The average Bonchev–Trinajstić information content (AvgIpc) is 2.29. The molecule has 0 saturated carbocycles. The van der Waals surface area contributed by atoms with Gasteiger partial charge in [0.25, 0.3) is 0 Å². The number of hydrogen-bond donors (Lipinski definition) is 0. The Labute approximate surface area is 92.0 Å². The van der Waals surface area contributed by atoms with Crippen LogP contribution in [0.25, 0.3) is 5.57 Å². The molecule has 0 aromatic heterocycles. The summed E-state index contributed by atoms with van der Waals surface area (Å²) in [5, 5.41) is 4.15. The van der Waals surface area contributed by atoms with Crippen LogP contribution in [0.4, 0.5) is 13.2 Å². The normalized spacial score (nSPS) is 17.1. The molecule has 1 heterocycles. The lowest BCUT2D eigenvalue weighted by Crippen LogP contribution is -2.13. The molecule has 0 amide bonds. The minimum absolute atomic E-state index is 0.600. The van der Waals surface area contributed by atoms with Crippen LogP contribution in [-0.2, 0) is 6.18 Å². The minimum atomic E-state index is -4.26. The van der Waals surface area contributed by atoms with Crippen LogP contribution in [0.2, 0.25) is 0 Å². The van der Waals surface area contributed by atoms with Crippen molar-refractivity contribution in [2.24, 2.45) is 0 Å². The van der Waals surface area contributed by atoms with Gasteiger partial charge in [0.15, 0.2) is 0 Å². The summed E-state index contributed by atoms with van der Waals surface area (Å²) in [6.45, 7) is 1.42. The lowest BCUT2D eigenvalue weighted by atomic mass is 9.99. The van der Waals surface area contributed by atoms with Crippen molar-refractivity contribution in [2.45, 2.75) is 12.6 Å². The Morgan fingerprint density at radius 3 is 2.25 bits per heavy atom. The highest BCUT2D eigenvalue weighted by atomic mass is 19.4. The van der Waals surface area contributed by atoms with Gasteiger partial charge in [-0.3, -0.25) is 0 Å². The second-order valence-corrected chi connectivity index (χ2v) is 3.68. The standard InChI is InChI=1S/C12H11F3N/c13-12(14,15)11-3-1-9(2-4-11)10-5-7-16-8-6-10/h1-5H,6-8H2. The van der Waals surface area contributed by atoms with E-state index in [-0.39, 0.29) is 0 Å². The van der Waals surface area contributed by atoms with Crippen molar-refractivity contribution in [1.82, 2.24) is 5.32 Å². The third-order valence-electron chi connectivity index (χ3n) is 2.59. The van der Waals surface area contributed by atoms with Gasteiger partial charge in [0.2, 0.25) is 0 Å². The molecule has 0 aliphatic carbocycles. The quantitative estimate of drug-likeness (QED) is 0.698. The molecule has 16 heavy (non-hydrogen) atoms. The molecule has 0 spiro atoms. The van der Waals surface area contributed by atoms with Crippen molar-refractivity contribution in [1.29, 1.82) is 0 Å². The van der Waals surface area contributed by atoms with Crippen molar-refractivity contribution in [3.05, 3.63) is 41.5 Å². The fourth-order valence-electron chi connectivity index (χ4n) is 1.70. The maximum atomic E-state index is 12.3. The van der Waals surface area contributed by atoms with E-state index in [1.54, 1.807) is 0 Å². The monoisotopic (exact) mass is 226 g/mol. The largest absolute Gasteiger partial charge is 0.416 e. The van der Waals surface area contributed by atoms with Gasteiger partial charge in [-0.2, -0.15) is 13.2 Å². The molecule has 85 valence electrons. The molecule has 1 aliphatic rings. The second kappa shape index (κ2) is 4.29. The molecule has 0 saturated heterocycles. The summed E-state index contributed by atoms with van der Waals surface area (Å²) in [6.07, 6.45) is -1.48. The Hall–Kier alpha value is -1.29. The molecule has 0 unspecified atom stereocenters. The molecule has 1 aromatic carbocycles. The maximum Gasteiger partial charge on any atom is 0.416 e. The first-order valence-electron chi connectivity index (χ1n) is 5.07. The van der Waals surface area contributed by atoms with E-state index in [0.717, 1.165) is 36.2 Å². The predicted octanol–water partition coefficient (Wildman–Crippen LogP) is 3.10. The first-order valence-corrected chi connectivity index (χ1v) is 5.07. The summed E-state index contributed by atoms with van der Waals surface area (Å²) >= 11 is 0. The number of rotatable bonds is 1. The molecule has 0 fully saturated rings. The van der Waals surface area contributed by atoms with Gasteiger partial charge in [-0.1, -0.05) is 18.2 Å². The lowest BCUT2D eigenvalue weighted by Gasteiger charge is -2.14. The van der Waals surface area contributed by atoms with Crippen molar-refractivity contribution < 1.29 is 13.2 Å². The highest BCUT2D eigenvalue weighted by Crippen LogP contribution is 2.30. The van der Waals surface area contributed by atoms with Crippen LogP contribution in [0.5, 0.6) is 0 Å². The Morgan fingerprint density at radius 2 is 1.75 bits per heavy atom. The van der Waals surface area contributed by atoms with E-state index in [9.17, 15) is 13.2 Å². The fourth-order valence-corrected chi connectivity index (χ4v) is 1.70. The highest BCUT2D eigenvalue weighted by Gasteiger charge is 2.30. The molecule has 2 rings (SSSR count). The van der Waals surface area contributed by atoms with Gasteiger partial charge in [-0.05, 0) is 29.7 Å². The molecular formula is C12H11F3N. The molecule has 1 radical (unpaired) electrons. The zero-order valence-corrected chi connectivity index (χ0v) is 8.59. The SMILES string of the molecule is FC(F)(F)c1ccc(C2=CC[N]CC2)cc1. The van der Waals surface area contributed by atoms with Crippen LogP contribution in [0, 0.1) is 0 Å². The number of halogens is 3. The minimum Gasteiger partial charge on any atom is -0.237 e. The van der Waals surface area contributed by atoms with Crippen LogP contribution in [0.3, 0.4) is 0 Å². The lowest BCUT2D eigenvalue weighted by molar-refractivity contribution is -0.137. The van der Waals surface area contributed by atoms with E-state index in [1.807, 2.05) is 6.08 Å². The van der Waals surface area contributed by atoms with Gasteiger partial charge in [0.1, 0.15) is 0 Å². The second-order valence-electron chi connectivity index (χ2n) is 3.68. The van der Waals surface area contributed by atoms with Gasteiger partial charge < -0.3 is 0 Å². The summed E-state index contributed by atoms with van der Waals surface area (Å²) in [5.74, 6) is 0. The summed E-state index contributed by atoms with van der Waals surface area (Å²) in [7, 11) is 0. The Kier molecular flexibility index (Phi) is 3.01. The maximum absolute atomic E-state index is 12.3. The van der Waals surface area contributed by atoms with E-state index < -0.39 is 11.7 Å². The molecule has 0 atom stereocenters. The molecule has 1 aromatic rings. The molecule has 0 bridgehead atoms. The van der Waals surface area contributed by atoms with Crippen molar-refractivity contribution in [3.8, 4) is 0 Å². The smallest absolute Gasteiger partial charge is 0.237 e. The molecule has 1 nitrogen and oxygen atoms in total. The number of nitrogens with zero attached hydrogens (tertiary/aromatic N) is 1. The molecular weight excluding hydrogens is 215 g/mol. The van der Waals surface area contributed by atoms with Crippen molar-refractivity contribution in [3.63, 3.8) is 0 Å². The van der Waals surface area contributed by atoms with E-state index >= 15 is 0 Å². The van der Waals surface area contributed by atoms with Crippen LogP contribution >= 0.6 is 0 Å². The summed E-state index contributed by atoms with van der Waals surface area (Å²) in [5.41, 5.74) is 1.35. The first-order chi connectivity index (χ1) is 7.57. The summed E-state index contributed by atoms with van der Waals surface area (Å²) < 4.78 is 37.0. The zero-order valence-electron chi connectivity index (χ0n) is 8.59. The molecule has 1 aliphatic heterocycles. The Bertz CT molecular complexity index is 390. The third-order valence-corrected chi connectivity index (χ3v) is 2.59. The highest BCUT2D eigenvalue weighted by molar-refractivity contribution is 5.66. The molecule has 4 heteroatoms. The van der Waals surface area contributed by atoms with E-state index in [2.05, 4.69) is 5.32 Å². The third kappa shape index (κ3) is 2.44. The van der Waals surface area contributed by atoms with Gasteiger partial charge in [-0.15, -0.1) is 0 Å². The van der Waals surface area contributed by atoms with E-state index in [1.165, 1.54) is 12.1 Å². The van der Waals surface area contributed by atoms with E-state index in [4.69, 9.17) is 0 Å². The van der Waals surface area contributed by atoms with Gasteiger partial charge in [0.05, 0.1) is 5.56 Å². The number of benzene rings is 1. The predicted molar refractivity (Wildman–Crippen MR) is 55.9 cm³/mol. The molecule has 0 N–H and O–H groups in total. The first kappa shape index (κ1) is 11.2. The number of alkyl halides is 3. The Morgan fingerprint density at radius 1 is 1.06 bits per heavy atom. The van der Waals surface area contributed by atoms with Crippen molar-refractivity contribution >= 4 is 5.57 Å². The van der Waals surface area contributed by atoms with Crippen LogP contribution in [0.15, 0.2) is 30.3 Å². The van der Waals surface area contributed by atoms with Gasteiger partial charge >= 0.3 is 6.18 Å². The van der Waals surface area contributed by atoms with Gasteiger partial charge in [-0.25, -0.2) is 5.32 Å². The van der Waals surface area contributed by atoms with Crippen LogP contribution < -0.4 is 5.32 Å². The van der Waals surface area contributed by atoms with Crippen LogP contribution in [-0.4, -0.2) is 13.1 Å². The van der Waals surface area contributed by atoms with Crippen molar-refractivity contribution in [2.75, 3.05) is 13.1 Å². The topological polar surface area (TPSA) is 14.1 Å². The van der Waals surface area contributed by atoms with E-state index in [0.29, 0.717) is 6.54 Å². The van der Waals surface area contributed by atoms with Crippen LogP contribution in [0.1, 0.15) is 17.5 Å². The zero-order chi connectivity index (χ0) is 11.6. The fraction of sp³-hybridized carbons (Fsp3) is 0.333.